The Balaban J connectivity index is 1.57. The molecule has 2 atom stereocenters. The van der Waals surface area contributed by atoms with Crippen LogP contribution < -0.4 is 11.0 Å². The van der Waals surface area contributed by atoms with Crippen molar-refractivity contribution in [3.05, 3.63) is 62.8 Å². The summed E-state index contributed by atoms with van der Waals surface area (Å²) in [6.07, 6.45) is 5.54. The molecule has 6 nitrogen and oxygen atoms in total. The molecule has 0 bridgehead atoms. The Morgan fingerprint density at radius 1 is 1.45 bits per heavy atom. The molecule has 1 aromatic carbocycles. The van der Waals surface area contributed by atoms with E-state index < -0.39 is 17.8 Å². The molecule has 0 radical (unpaired) electrons. The van der Waals surface area contributed by atoms with Crippen molar-refractivity contribution < 1.29 is 9.18 Å². The monoisotopic (exact) mass is 412 g/mol. The van der Waals surface area contributed by atoms with E-state index >= 15 is 0 Å². The molecule has 0 aliphatic heterocycles. The minimum absolute atomic E-state index is 0.206. The topological polar surface area (TPSA) is 76.3 Å². The average molecular weight is 412 g/mol. The fourth-order valence-electron chi connectivity index (χ4n) is 3.58. The first-order chi connectivity index (χ1) is 14.0. The van der Waals surface area contributed by atoms with Crippen LogP contribution in [0.5, 0.6) is 0 Å². The molecular weight excluding hydrogens is 391 g/mol. The van der Waals surface area contributed by atoms with Gasteiger partial charge in [-0.2, -0.15) is 5.10 Å². The number of nitrogens with zero attached hydrogens (tertiary/aromatic N) is 3. The maximum atomic E-state index is 13.6. The number of rotatable bonds is 4. The van der Waals surface area contributed by atoms with Crippen LogP contribution in [-0.2, 0) is 17.6 Å². The number of thiophene rings is 1. The minimum atomic E-state index is -0.796. The normalized spacial score (nSPS) is 17.4. The van der Waals surface area contributed by atoms with E-state index in [1.165, 1.54) is 28.1 Å². The van der Waals surface area contributed by atoms with Crippen molar-refractivity contribution in [2.45, 2.75) is 39.2 Å². The van der Waals surface area contributed by atoms with Gasteiger partial charge in [-0.1, -0.05) is 25.1 Å². The molecule has 1 aliphatic rings. The third-order valence-corrected chi connectivity index (χ3v) is 6.48. The van der Waals surface area contributed by atoms with E-state index in [0.717, 1.165) is 29.7 Å². The summed E-state index contributed by atoms with van der Waals surface area (Å²) in [5.74, 6) is -0.297. The zero-order chi connectivity index (χ0) is 20.5. The second-order valence-electron chi connectivity index (χ2n) is 7.42. The number of carbonyl (C=O) groups excluding carboxylic acids is 1. The molecule has 0 fully saturated rings. The molecule has 2 heterocycles. The van der Waals surface area contributed by atoms with Gasteiger partial charge in [0.05, 0.1) is 17.9 Å². The number of hydrogen-bond acceptors (Lipinski definition) is 5. The first kappa shape index (κ1) is 19.4. The van der Waals surface area contributed by atoms with Crippen molar-refractivity contribution in [2.75, 3.05) is 0 Å². The summed E-state index contributed by atoms with van der Waals surface area (Å²) in [5, 5.41) is 4.44. The average Bonchev–Trinajstić information content (AvgIpc) is 3.07. The standard InChI is InChI=1S/C21H21FN4O2S/c1-12-7-8-15-17(9-12)29-20-18(15)21(28)26(11-23-20)13(2)19(27)25-24-10-14-5-3-4-6-16(14)22/h3-6,10-13H,7-9H2,1-2H3,(H,25,27)/b24-10-/t12-,13+/m0/s1. The van der Waals surface area contributed by atoms with Gasteiger partial charge in [0, 0.05) is 10.4 Å². The summed E-state index contributed by atoms with van der Waals surface area (Å²) in [4.78, 5) is 32.0. The number of hydrazone groups is 1. The van der Waals surface area contributed by atoms with Gasteiger partial charge >= 0.3 is 0 Å². The van der Waals surface area contributed by atoms with E-state index in [4.69, 9.17) is 0 Å². The van der Waals surface area contributed by atoms with Crippen LogP contribution in [0.15, 0.2) is 40.5 Å². The number of aryl methyl sites for hydroxylation is 1. The van der Waals surface area contributed by atoms with Crippen molar-refractivity contribution in [1.82, 2.24) is 15.0 Å². The number of carbonyl (C=O) groups is 1. The predicted molar refractivity (Wildman–Crippen MR) is 112 cm³/mol. The molecule has 8 heteroatoms. The van der Waals surface area contributed by atoms with Crippen LogP contribution in [0.3, 0.4) is 0 Å². The van der Waals surface area contributed by atoms with Crippen LogP contribution in [0, 0.1) is 11.7 Å². The Kier molecular flexibility index (Phi) is 5.27. The van der Waals surface area contributed by atoms with Crippen molar-refractivity contribution in [2.24, 2.45) is 11.0 Å². The quantitative estimate of drug-likeness (QED) is 0.527. The molecule has 2 aromatic heterocycles. The van der Waals surface area contributed by atoms with E-state index in [1.807, 2.05) is 0 Å². The lowest BCUT2D eigenvalue weighted by Crippen LogP contribution is -2.34. The first-order valence-electron chi connectivity index (χ1n) is 9.54. The molecule has 0 spiro atoms. The number of amides is 1. The van der Waals surface area contributed by atoms with Gasteiger partial charge in [0.15, 0.2) is 0 Å². The lowest BCUT2D eigenvalue weighted by molar-refractivity contribution is -0.123. The molecule has 0 saturated carbocycles. The largest absolute Gasteiger partial charge is 0.286 e. The predicted octanol–water partition coefficient (Wildman–Crippen LogP) is 3.43. The van der Waals surface area contributed by atoms with Gasteiger partial charge in [0.25, 0.3) is 11.5 Å². The highest BCUT2D eigenvalue weighted by Gasteiger charge is 2.25. The zero-order valence-electron chi connectivity index (χ0n) is 16.2. The second kappa shape index (κ2) is 7.87. The smallest absolute Gasteiger partial charge is 0.263 e. The maximum absolute atomic E-state index is 13.6. The molecule has 0 saturated heterocycles. The van der Waals surface area contributed by atoms with Gasteiger partial charge < -0.3 is 0 Å². The third-order valence-electron chi connectivity index (χ3n) is 5.32. The molecule has 0 unspecified atom stereocenters. The summed E-state index contributed by atoms with van der Waals surface area (Å²) >= 11 is 1.58. The highest BCUT2D eigenvalue weighted by atomic mass is 32.1. The molecule has 1 N–H and O–H groups in total. The van der Waals surface area contributed by atoms with Crippen LogP contribution in [0.1, 0.15) is 42.3 Å². The van der Waals surface area contributed by atoms with E-state index in [-0.39, 0.29) is 11.1 Å². The van der Waals surface area contributed by atoms with Crippen molar-refractivity contribution in [1.29, 1.82) is 0 Å². The molecule has 4 rings (SSSR count). The zero-order valence-corrected chi connectivity index (χ0v) is 17.0. The highest BCUT2D eigenvalue weighted by molar-refractivity contribution is 7.18. The molecule has 29 heavy (non-hydrogen) atoms. The highest BCUT2D eigenvalue weighted by Crippen LogP contribution is 2.35. The first-order valence-corrected chi connectivity index (χ1v) is 10.4. The Hall–Kier alpha value is -2.87. The fourth-order valence-corrected chi connectivity index (χ4v) is 4.93. The van der Waals surface area contributed by atoms with Crippen LogP contribution in [0.25, 0.3) is 10.2 Å². The number of hydrogen-bond donors (Lipinski definition) is 1. The van der Waals surface area contributed by atoms with Crippen molar-refractivity contribution in [3.8, 4) is 0 Å². The number of halogens is 1. The van der Waals surface area contributed by atoms with Gasteiger partial charge in [0.2, 0.25) is 0 Å². The van der Waals surface area contributed by atoms with Crippen molar-refractivity contribution >= 4 is 33.7 Å². The summed E-state index contributed by atoms with van der Waals surface area (Å²) in [6.45, 7) is 3.83. The SMILES string of the molecule is C[C@H]1CCc2c(sc3ncn([C@H](C)C(=O)N/N=C\c4ccccc4F)c(=O)c23)C1. The summed E-state index contributed by atoms with van der Waals surface area (Å²) < 4.78 is 14.9. The lowest BCUT2D eigenvalue weighted by Gasteiger charge is -2.18. The Labute approximate surface area is 171 Å². The van der Waals surface area contributed by atoms with Crippen LogP contribution in [0.4, 0.5) is 4.39 Å². The van der Waals surface area contributed by atoms with E-state index in [2.05, 4.69) is 22.4 Å². The maximum Gasteiger partial charge on any atom is 0.263 e. The van der Waals surface area contributed by atoms with E-state index in [0.29, 0.717) is 11.3 Å². The summed E-state index contributed by atoms with van der Waals surface area (Å²) in [6, 6.07) is 5.33. The number of benzene rings is 1. The summed E-state index contributed by atoms with van der Waals surface area (Å²) in [5.41, 5.74) is 3.51. The lowest BCUT2D eigenvalue weighted by atomic mass is 9.89. The van der Waals surface area contributed by atoms with Gasteiger partial charge in [-0.15, -0.1) is 11.3 Å². The molecule has 1 amide bonds. The van der Waals surface area contributed by atoms with Gasteiger partial charge in [-0.3, -0.25) is 14.2 Å². The Morgan fingerprint density at radius 3 is 3.03 bits per heavy atom. The van der Waals surface area contributed by atoms with Crippen LogP contribution >= 0.6 is 11.3 Å². The summed E-state index contributed by atoms with van der Waals surface area (Å²) in [7, 11) is 0. The van der Waals surface area contributed by atoms with Gasteiger partial charge in [0.1, 0.15) is 16.7 Å². The minimum Gasteiger partial charge on any atom is -0.286 e. The van der Waals surface area contributed by atoms with Gasteiger partial charge in [-0.25, -0.2) is 14.8 Å². The molecule has 3 aromatic rings. The number of aromatic nitrogens is 2. The third kappa shape index (κ3) is 3.72. The fraction of sp³-hybridized carbons (Fsp3) is 0.333. The molecular formula is C21H21FN4O2S. The Bertz CT molecular complexity index is 1170. The van der Waals surface area contributed by atoms with E-state index in [1.54, 1.807) is 36.5 Å². The Morgan fingerprint density at radius 2 is 2.24 bits per heavy atom. The molecule has 1 aliphatic carbocycles. The van der Waals surface area contributed by atoms with E-state index in [9.17, 15) is 14.0 Å². The van der Waals surface area contributed by atoms with Crippen LogP contribution in [0.2, 0.25) is 0 Å². The number of nitrogens with one attached hydrogen (secondary N) is 1. The second-order valence-corrected chi connectivity index (χ2v) is 8.50. The van der Waals surface area contributed by atoms with Gasteiger partial charge in [-0.05, 0) is 43.7 Å². The molecule has 150 valence electrons. The van der Waals surface area contributed by atoms with Crippen molar-refractivity contribution in [3.63, 3.8) is 0 Å². The number of fused-ring (bicyclic) bond motifs is 3. The van der Waals surface area contributed by atoms with Crippen LogP contribution in [-0.4, -0.2) is 21.7 Å².